The predicted octanol–water partition coefficient (Wildman–Crippen LogP) is 1.67. The van der Waals surface area contributed by atoms with Crippen LogP contribution >= 0.6 is 0 Å². The van der Waals surface area contributed by atoms with E-state index in [1.54, 1.807) is 19.9 Å². The maximum absolute atomic E-state index is 10.7. The fourth-order valence-corrected chi connectivity index (χ4v) is 1.38. The topological polar surface area (TPSA) is 69.2 Å². The van der Waals surface area contributed by atoms with Gasteiger partial charge in [0.05, 0.1) is 4.92 Å². The van der Waals surface area contributed by atoms with Gasteiger partial charge in [0.1, 0.15) is 0 Å². The number of nitro benzene ring substituents is 1. The molecule has 1 aromatic rings. The first kappa shape index (κ1) is 9.67. The summed E-state index contributed by atoms with van der Waals surface area (Å²) in [6, 6.07) is 3.56. The van der Waals surface area contributed by atoms with Crippen molar-refractivity contribution >= 4 is 5.69 Å². The van der Waals surface area contributed by atoms with Gasteiger partial charge in [0, 0.05) is 17.7 Å². The molecule has 0 fully saturated rings. The average molecular weight is 180 g/mol. The Kier molecular flexibility index (Phi) is 2.63. The molecule has 13 heavy (non-hydrogen) atoms. The van der Waals surface area contributed by atoms with Crippen molar-refractivity contribution in [2.24, 2.45) is 5.73 Å². The quantitative estimate of drug-likeness (QED) is 0.556. The molecular formula is C9H12N2O2. The van der Waals surface area contributed by atoms with Gasteiger partial charge in [-0.3, -0.25) is 10.1 Å². The zero-order valence-electron chi connectivity index (χ0n) is 7.70. The van der Waals surface area contributed by atoms with Crippen LogP contribution in [0.3, 0.4) is 0 Å². The number of nitro groups is 1. The van der Waals surface area contributed by atoms with Crippen molar-refractivity contribution in [1.29, 1.82) is 0 Å². The van der Waals surface area contributed by atoms with Gasteiger partial charge in [-0.1, -0.05) is 12.1 Å². The van der Waals surface area contributed by atoms with Gasteiger partial charge in [-0.15, -0.1) is 0 Å². The first-order valence-electron chi connectivity index (χ1n) is 4.01. The third-order valence-electron chi connectivity index (χ3n) is 2.15. The van der Waals surface area contributed by atoms with Gasteiger partial charge in [0.2, 0.25) is 0 Å². The minimum Gasteiger partial charge on any atom is -0.326 e. The van der Waals surface area contributed by atoms with Crippen molar-refractivity contribution in [3.63, 3.8) is 0 Å². The van der Waals surface area contributed by atoms with Crippen molar-refractivity contribution in [3.8, 4) is 0 Å². The van der Waals surface area contributed by atoms with E-state index in [0.717, 1.165) is 5.56 Å². The van der Waals surface area contributed by atoms with Crippen LogP contribution in [0.1, 0.15) is 16.7 Å². The molecule has 0 heterocycles. The van der Waals surface area contributed by atoms with Crippen LogP contribution in [0, 0.1) is 24.0 Å². The van der Waals surface area contributed by atoms with E-state index >= 15 is 0 Å². The Hall–Kier alpha value is -1.42. The van der Waals surface area contributed by atoms with Crippen molar-refractivity contribution in [2.45, 2.75) is 20.4 Å². The van der Waals surface area contributed by atoms with Crippen LogP contribution in [0.15, 0.2) is 12.1 Å². The van der Waals surface area contributed by atoms with Crippen LogP contribution in [0.4, 0.5) is 5.69 Å². The molecule has 0 aliphatic carbocycles. The lowest BCUT2D eigenvalue weighted by Gasteiger charge is -2.05. The van der Waals surface area contributed by atoms with Crippen molar-refractivity contribution in [1.82, 2.24) is 0 Å². The number of nitrogens with two attached hydrogens (primary N) is 1. The van der Waals surface area contributed by atoms with Crippen molar-refractivity contribution < 1.29 is 4.92 Å². The lowest BCUT2D eigenvalue weighted by molar-refractivity contribution is -0.386. The summed E-state index contributed by atoms with van der Waals surface area (Å²) >= 11 is 0. The lowest BCUT2D eigenvalue weighted by Crippen LogP contribution is -2.03. The number of nitrogens with zero attached hydrogens (tertiary/aromatic N) is 1. The maximum Gasteiger partial charge on any atom is 0.275 e. The maximum atomic E-state index is 10.7. The fraction of sp³-hybridized carbons (Fsp3) is 0.333. The van der Waals surface area contributed by atoms with Crippen molar-refractivity contribution in [2.75, 3.05) is 0 Å². The molecule has 0 amide bonds. The van der Waals surface area contributed by atoms with E-state index in [1.807, 2.05) is 6.07 Å². The van der Waals surface area contributed by atoms with Gasteiger partial charge in [-0.05, 0) is 19.4 Å². The Labute approximate surface area is 76.5 Å². The second-order valence-electron chi connectivity index (χ2n) is 2.98. The first-order valence-corrected chi connectivity index (χ1v) is 4.01. The van der Waals surface area contributed by atoms with E-state index < -0.39 is 0 Å². The molecule has 0 saturated carbocycles. The molecule has 4 heteroatoms. The molecule has 0 saturated heterocycles. The van der Waals surface area contributed by atoms with Gasteiger partial charge >= 0.3 is 0 Å². The standard InChI is InChI=1S/C9H12N2O2/c1-6-3-4-8(5-10)7(2)9(6)11(12)13/h3-4H,5,10H2,1-2H3. The molecule has 0 spiro atoms. The summed E-state index contributed by atoms with van der Waals surface area (Å²) in [6.07, 6.45) is 0. The normalized spacial score (nSPS) is 10.1. The molecule has 4 nitrogen and oxygen atoms in total. The van der Waals surface area contributed by atoms with Gasteiger partial charge in [0.15, 0.2) is 0 Å². The number of aryl methyl sites for hydroxylation is 1. The van der Waals surface area contributed by atoms with Crippen LogP contribution in [-0.2, 0) is 6.54 Å². The minimum atomic E-state index is -0.357. The molecule has 0 atom stereocenters. The zero-order valence-corrected chi connectivity index (χ0v) is 7.70. The predicted molar refractivity (Wildman–Crippen MR) is 50.5 cm³/mol. The van der Waals surface area contributed by atoms with Crippen LogP contribution < -0.4 is 5.73 Å². The highest BCUT2D eigenvalue weighted by molar-refractivity contribution is 5.50. The molecule has 1 aromatic carbocycles. The van der Waals surface area contributed by atoms with Gasteiger partial charge in [0.25, 0.3) is 5.69 Å². The Balaban J connectivity index is 3.38. The number of hydrogen-bond donors (Lipinski definition) is 1. The molecule has 0 unspecified atom stereocenters. The Morgan fingerprint density at radius 2 is 2.08 bits per heavy atom. The van der Waals surface area contributed by atoms with Crippen LogP contribution in [-0.4, -0.2) is 4.92 Å². The Morgan fingerprint density at radius 1 is 1.46 bits per heavy atom. The average Bonchev–Trinajstić information content (AvgIpc) is 2.04. The van der Waals surface area contributed by atoms with E-state index in [2.05, 4.69) is 0 Å². The lowest BCUT2D eigenvalue weighted by atomic mass is 10.0. The summed E-state index contributed by atoms with van der Waals surface area (Å²) in [5.74, 6) is 0. The number of hydrogen-bond acceptors (Lipinski definition) is 3. The Morgan fingerprint density at radius 3 is 2.54 bits per heavy atom. The third-order valence-corrected chi connectivity index (χ3v) is 2.15. The van der Waals surface area contributed by atoms with E-state index in [0.29, 0.717) is 17.7 Å². The highest BCUT2D eigenvalue weighted by Gasteiger charge is 2.16. The molecular weight excluding hydrogens is 168 g/mol. The molecule has 1 rings (SSSR count). The Bertz CT molecular complexity index is 348. The third kappa shape index (κ3) is 1.67. The summed E-state index contributed by atoms with van der Waals surface area (Å²) in [4.78, 5) is 10.3. The molecule has 0 aliphatic heterocycles. The van der Waals surface area contributed by atoms with Gasteiger partial charge in [-0.25, -0.2) is 0 Å². The summed E-state index contributed by atoms with van der Waals surface area (Å²) < 4.78 is 0. The molecule has 0 aromatic heterocycles. The SMILES string of the molecule is Cc1ccc(CN)c(C)c1[N+](=O)[O-]. The summed E-state index contributed by atoms with van der Waals surface area (Å²) in [7, 11) is 0. The molecule has 70 valence electrons. The van der Waals surface area contributed by atoms with Gasteiger partial charge < -0.3 is 5.73 Å². The highest BCUT2D eigenvalue weighted by Crippen LogP contribution is 2.25. The van der Waals surface area contributed by atoms with E-state index in [-0.39, 0.29) is 10.6 Å². The minimum absolute atomic E-state index is 0.183. The van der Waals surface area contributed by atoms with Crippen LogP contribution in [0.5, 0.6) is 0 Å². The first-order chi connectivity index (χ1) is 6.07. The second-order valence-corrected chi connectivity index (χ2v) is 2.98. The summed E-state index contributed by atoms with van der Waals surface area (Å²) in [5, 5.41) is 10.7. The van der Waals surface area contributed by atoms with E-state index in [9.17, 15) is 10.1 Å². The van der Waals surface area contributed by atoms with Crippen molar-refractivity contribution in [3.05, 3.63) is 38.9 Å². The molecule has 0 radical (unpaired) electrons. The molecule has 0 bridgehead atoms. The van der Waals surface area contributed by atoms with E-state index in [4.69, 9.17) is 5.73 Å². The number of rotatable bonds is 2. The number of benzene rings is 1. The van der Waals surface area contributed by atoms with Gasteiger partial charge in [-0.2, -0.15) is 0 Å². The van der Waals surface area contributed by atoms with Crippen LogP contribution in [0.25, 0.3) is 0 Å². The zero-order chi connectivity index (χ0) is 10.0. The smallest absolute Gasteiger partial charge is 0.275 e. The molecule has 0 aliphatic rings. The second kappa shape index (κ2) is 3.53. The highest BCUT2D eigenvalue weighted by atomic mass is 16.6. The monoisotopic (exact) mass is 180 g/mol. The van der Waals surface area contributed by atoms with Crippen LogP contribution in [0.2, 0.25) is 0 Å². The molecule has 2 N–H and O–H groups in total. The fourth-order valence-electron chi connectivity index (χ4n) is 1.38. The van der Waals surface area contributed by atoms with E-state index in [1.165, 1.54) is 0 Å². The summed E-state index contributed by atoms with van der Waals surface area (Å²) in [5.41, 5.74) is 7.82. The summed E-state index contributed by atoms with van der Waals surface area (Å²) in [6.45, 7) is 3.80. The largest absolute Gasteiger partial charge is 0.326 e.